The Bertz CT molecular complexity index is 1270. The third-order valence-electron chi connectivity index (χ3n) is 6.68. The molecule has 2 amide bonds. The van der Waals surface area contributed by atoms with Crippen molar-refractivity contribution in [1.29, 1.82) is 0 Å². The second-order valence-corrected chi connectivity index (χ2v) is 11.5. The summed E-state index contributed by atoms with van der Waals surface area (Å²) in [5.74, 6) is -0.257. The lowest BCUT2D eigenvalue weighted by molar-refractivity contribution is -0.160. The molecule has 3 aromatic rings. The van der Waals surface area contributed by atoms with Crippen LogP contribution in [0.15, 0.2) is 91.0 Å². The average Bonchev–Trinajstić information content (AvgIpc) is 3.31. The van der Waals surface area contributed by atoms with E-state index >= 15 is 0 Å². The summed E-state index contributed by atoms with van der Waals surface area (Å²) in [4.78, 5) is 25.4. The molecule has 9 heteroatoms. The Kier molecular flexibility index (Phi) is 11.7. The molecule has 0 bridgehead atoms. The lowest BCUT2D eigenvalue weighted by atomic mass is 10.0. The number of nitrogens with one attached hydrogen (secondary N) is 2. The minimum Gasteiger partial charge on any atom is -0.444 e. The first-order valence-corrected chi connectivity index (χ1v) is 14.5. The van der Waals surface area contributed by atoms with Crippen LogP contribution in [0, 0.1) is 0 Å². The van der Waals surface area contributed by atoms with Gasteiger partial charge in [-0.2, -0.15) is 0 Å². The fourth-order valence-corrected chi connectivity index (χ4v) is 4.80. The maximum Gasteiger partial charge on any atom is 0.408 e. The van der Waals surface area contributed by atoms with Crippen molar-refractivity contribution < 1.29 is 33.3 Å². The van der Waals surface area contributed by atoms with E-state index in [2.05, 4.69) is 10.6 Å². The molecule has 5 atom stereocenters. The van der Waals surface area contributed by atoms with Gasteiger partial charge in [0.15, 0.2) is 6.29 Å². The van der Waals surface area contributed by atoms with Gasteiger partial charge >= 0.3 is 6.09 Å². The van der Waals surface area contributed by atoms with Crippen LogP contribution in [0.2, 0.25) is 0 Å². The van der Waals surface area contributed by atoms with Crippen molar-refractivity contribution in [2.75, 3.05) is 6.61 Å². The zero-order chi connectivity index (χ0) is 30.7. The van der Waals surface area contributed by atoms with E-state index in [0.717, 1.165) is 16.7 Å². The zero-order valence-corrected chi connectivity index (χ0v) is 25.2. The Hall–Kier alpha value is -3.76. The minimum absolute atomic E-state index is 0.0994. The number of amides is 2. The van der Waals surface area contributed by atoms with Gasteiger partial charge in [0.1, 0.15) is 23.9 Å². The normalized spacial score (nSPS) is 20.7. The van der Waals surface area contributed by atoms with Crippen molar-refractivity contribution in [3.63, 3.8) is 0 Å². The SMILES string of the molecule is CC(=O)NC1C(OCc2ccccc2)[C@@H]([C@H](COCc2ccccc2)NC(=O)OC(C)(C)C)O[C@@H]1OCc1ccccc1. The van der Waals surface area contributed by atoms with Crippen molar-refractivity contribution in [2.45, 2.75) is 83.7 Å². The number of carbonyl (C=O) groups excluding carboxylic acids is 2. The van der Waals surface area contributed by atoms with Crippen LogP contribution in [0.4, 0.5) is 4.79 Å². The molecule has 230 valence electrons. The highest BCUT2D eigenvalue weighted by Gasteiger charge is 2.50. The second-order valence-electron chi connectivity index (χ2n) is 11.5. The Labute approximate surface area is 253 Å². The Balaban J connectivity index is 1.60. The van der Waals surface area contributed by atoms with Gasteiger partial charge in [0.05, 0.1) is 32.5 Å². The van der Waals surface area contributed by atoms with E-state index in [1.54, 1.807) is 20.8 Å². The first kappa shape index (κ1) is 32.2. The van der Waals surface area contributed by atoms with E-state index in [9.17, 15) is 9.59 Å². The van der Waals surface area contributed by atoms with Gasteiger partial charge in [-0.15, -0.1) is 0 Å². The van der Waals surface area contributed by atoms with Gasteiger partial charge in [0.25, 0.3) is 0 Å². The van der Waals surface area contributed by atoms with Crippen molar-refractivity contribution in [3.8, 4) is 0 Å². The van der Waals surface area contributed by atoms with Crippen LogP contribution in [0.1, 0.15) is 44.4 Å². The first-order chi connectivity index (χ1) is 20.7. The highest BCUT2D eigenvalue weighted by Crippen LogP contribution is 2.30. The van der Waals surface area contributed by atoms with Crippen LogP contribution in [0.3, 0.4) is 0 Å². The summed E-state index contributed by atoms with van der Waals surface area (Å²) in [5, 5.41) is 5.91. The quantitative estimate of drug-likeness (QED) is 0.285. The van der Waals surface area contributed by atoms with E-state index in [0.29, 0.717) is 6.61 Å². The molecular formula is C34H42N2O7. The second kappa shape index (κ2) is 15.6. The predicted octanol–water partition coefficient (Wildman–Crippen LogP) is 5.13. The van der Waals surface area contributed by atoms with Gasteiger partial charge in [-0.05, 0) is 37.5 Å². The molecule has 0 spiro atoms. The van der Waals surface area contributed by atoms with Crippen molar-refractivity contribution >= 4 is 12.0 Å². The summed E-state index contributed by atoms with van der Waals surface area (Å²) < 4.78 is 30.8. The maximum absolute atomic E-state index is 13.0. The molecule has 1 heterocycles. The van der Waals surface area contributed by atoms with E-state index in [1.165, 1.54) is 6.92 Å². The fraction of sp³-hybridized carbons (Fsp3) is 0.412. The first-order valence-electron chi connectivity index (χ1n) is 14.5. The van der Waals surface area contributed by atoms with Gasteiger partial charge in [-0.3, -0.25) is 4.79 Å². The lowest BCUT2D eigenvalue weighted by Crippen LogP contribution is -2.55. The van der Waals surface area contributed by atoms with E-state index in [1.807, 2.05) is 91.0 Å². The number of hydrogen-bond donors (Lipinski definition) is 2. The Morgan fingerprint density at radius 2 is 1.30 bits per heavy atom. The molecular weight excluding hydrogens is 548 g/mol. The topological polar surface area (TPSA) is 104 Å². The molecule has 9 nitrogen and oxygen atoms in total. The van der Waals surface area contributed by atoms with E-state index in [-0.39, 0.29) is 25.7 Å². The van der Waals surface area contributed by atoms with Crippen LogP contribution < -0.4 is 10.6 Å². The number of benzene rings is 3. The average molecular weight is 591 g/mol. The largest absolute Gasteiger partial charge is 0.444 e. The van der Waals surface area contributed by atoms with E-state index in [4.69, 9.17) is 23.7 Å². The molecule has 1 aliphatic rings. The highest BCUT2D eigenvalue weighted by molar-refractivity contribution is 5.73. The number of hydrogen-bond acceptors (Lipinski definition) is 7. The van der Waals surface area contributed by atoms with Gasteiger partial charge in [-0.1, -0.05) is 91.0 Å². The van der Waals surface area contributed by atoms with E-state index < -0.39 is 42.3 Å². The van der Waals surface area contributed by atoms with Crippen molar-refractivity contribution in [3.05, 3.63) is 108 Å². The summed E-state index contributed by atoms with van der Waals surface area (Å²) in [7, 11) is 0. The fourth-order valence-electron chi connectivity index (χ4n) is 4.80. The number of carbonyl (C=O) groups is 2. The molecule has 1 fully saturated rings. The third-order valence-corrected chi connectivity index (χ3v) is 6.68. The predicted molar refractivity (Wildman–Crippen MR) is 162 cm³/mol. The molecule has 2 unspecified atom stereocenters. The molecule has 0 saturated carbocycles. The number of alkyl carbamates (subject to hydrolysis) is 1. The zero-order valence-electron chi connectivity index (χ0n) is 25.2. The Morgan fingerprint density at radius 1 is 0.791 bits per heavy atom. The minimum atomic E-state index is -0.855. The molecule has 0 aromatic heterocycles. The van der Waals surface area contributed by atoms with Crippen LogP contribution >= 0.6 is 0 Å². The van der Waals surface area contributed by atoms with Crippen LogP contribution in [0.25, 0.3) is 0 Å². The van der Waals surface area contributed by atoms with Crippen molar-refractivity contribution in [2.24, 2.45) is 0 Å². The molecule has 43 heavy (non-hydrogen) atoms. The molecule has 1 saturated heterocycles. The summed E-state index contributed by atoms with van der Waals surface area (Å²) >= 11 is 0. The lowest BCUT2D eigenvalue weighted by Gasteiger charge is -2.30. The highest BCUT2D eigenvalue weighted by atomic mass is 16.7. The smallest absolute Gasteiger partial charge is 0.408 e. The molecule has 0 aliphatic carbocycles. The van der Waals surface area contributed by atoms with Crippen LogP contribution in [-0.2, 0) is 48.3 Å². The van der Waals surface area contributed by atoms with Gasteiger partial charge in [-0.25, -0.2) is 4.79 Å². The maximum atomic E-state index is 13.0. The number of ether oxygens (including phenoxy) is 5. The standard InChI is InChI=1S/C34H42N2O7/c1-24(37)35-29-31(40-21-26-16-10-6-11-17-26)30(42-32(29)41-22-27-18-12-7-13-19-27)28(36-33(38)43-34(2,3)4)23-39-20-25-14-8-5-9-15-25/h5-19,28-32H,20-23H2,1-4H3,(H,35,37)(H,36,38)/t28-,29?,30+,31?,32-/m0/s1. The third kappa shape index (κ3) is 10.5. The van der Waals surface area contributed by atoms with Gasteiger partial charge < -0.3 is 34.3 Å². The van der Waals surface area contributed by atoms with Crippen molar-refractivity contribution in [1.82, 2.24) is 10.6 Å². The molecule has 1 aliphatic heterocycles. The molecule has 0 radical (unpaired) electrons. The summed E-state index contributed by atoms with van der Waals surface area (Å²) in [6.45, 7) is 7.78. The molecule has 4 rings (SSSR count). The number of rotatable bonds is 13. The monoisotopic (exact) mass is 590 g/mol. The summed E-state index contributed by atoms with van der Waals surface area (Å²) in [6.07, 6.45) is -2.90. The summed E-state index contributed by atoms with van der Waals surface area (Å²) in [6, 6.07) is 27.8. The van der Waals surface area contributed by atoms with Crippen LogP contribution in [0.5, 0.6) is 0 Å². The molecule has 2 N–H and O–H groups in total. The molecule has 3 aromatic carbocycles. The summed E-state index contributed by atoms with van der Waals surface area (Å²) in [5.41, 5.74) is 2.18. The Morgan fingerprint density at radius 3 is 1.81 bits per heavy atom. The van der Waals surface area contributed by atoms with Gasteiger partial charge in [0, 0.05) is 6.92 Å². The van der Waals surface area contributed by atoms with Crippen LogP contribution in [-0.4, -0.2) is 54.8 Å². The van der Waals surface area contributed by atoms with Gasteiger partial charge in [0.2, 0.25) is 5.91 Å².